The topological polar surface area (TPSA) is 60.7 Å². The Hall–Kier alpha value is -1.06. The number of alkyl halides is 5. The second-order valence-electron chi connectivity index (χ2n) is 14.3. The molecule has 4 aliphatic rings. The maximum atomic E-state index is 13.0. The highest BCUT2D eigenvalue weighted by Gasteiger charge is 2.71. The summed E-state index contributed by atoms with van der Waals surface area (Å²) in [5.41, 5.74) is 2.29. The van der Waals surface area contributed by atoms with Crippen LogP contribution in [0.1, 0.15) is 126 Å². The molecule has 0 heterocycles. The lowest BCUT2D eigenvalue weighted by Crippen LogP contribution is -2.47. The lowest BCUT2D eigenvalue weighted by molar-refractivity contribution is -0.284. The molecule has 9 heteroatoms. The van der Waals surface area contributed by atoms with Crippen molar-refractivity contribution in [3.05, 3.63) is 29.3 Å². The fourth-order valence-corrected chi connectivity index (χ4v) is 10.4. The summed E-state index contributed by atoms with van der Waals surface area (Å²) in [4.78, 5) is 0. The molecule has 43 heavy (non-hydrogen) atoms. The van der Waals surface area contributed by atoms with Gasteiger partial charge in [-0.15, -0.1) is 0 Å². The summed E-state index contributed by atoms with van der Waals surface area (Å²) in [7, 11) is 0. The van der Waals surface area contributed by atoms with E-state index in [9.17, 15) is 37.3 Å². The molecule has 4 aliphatic carbocycles. The summed E-state index contributed by atoms with van der Waals surface area (Å²) in [5.74, 6) is -2.04. The molecule has 1 aromatic carbocycles. The number of halogens is 5. The minimum atomic E-state index is -5.46. The van der Waals surface area contributed by atoms with Crippen molar-refractivity contribution in [1.29, 1.82) is 0 Å². The van der Waals surface area contributed by atoms with Crippen LogP contribution in [0.25, 0.3) is 0 Å². The molecule has 3 saturated carbocycles. The largest absolute Gasteiger partial charge is 0.508 e. The molecule has 0 radical (unpaired) electrons. The molecular weight excluding hydrogens is 583 g/mol. The van der Waals surface area contributed by atoms with Crippen LogP contribution in [0.2, 0.25) is 0 Å². The number of phenols is 1. The molecule has 0 saturated heterocycles. The molecule has 3 nitrogen and oxygen atoms in total. The zero-order chi connectivity index (χ0) is 31.0. The van der Waals surface area contributed by atoms with Gasteiger partial charge in [0.15, 0.2) is 0 Å². The van der Waals surface area contributed by atoms with Crippen LogP contribution in [-0.2, 0) is 0 Å². The lowest BCUT2D eigenvalue weighted by atomic mass is 9.50. The summed E-state index contributed by atoms with van der Waals surface area (Å²) in [6.45, 7) is 2.41. The zero-order valence-corrected chi connectivity index (χ0v) is 26.2. The Morgan fingerprint density at radius 1 is 0.860 bits per heavy atom. The summed E-state index contributed by atoms with van der Waals surface area (Å²) < 4.78 is 62.6. The van der Waals surface area contributed by atoms with Crippen LogP contribution >= 0.6 is 11.8 Å². The van der Waals surface area contributed by atoms with Crippen LogP contribution in [0.4, 0.5) is 22.0 Å². The van der Waals surface area contributed by atoms with Crippen LogP contribution in [0.15, 0.2) is 18.2 Å². The Labute approximate surface area is 257 Å². The van der Waals surface area contributed by atoms with Gasteiger partial charge in [-0.3, -0.25) is 0 Å². The van der Waals surface area contributed by atoms with E-state index in [1.54, 1.807) is 12.1 Å². The van der Waals surface area contributed by atoms with Crippen molar-refractivity contribution in [1.82, 2.24) is 0 Å². The molecule has 3 fully saturated rings. The normalized spacial score (nSPS) is 32.8. The van der Waals surface area contributed by atoms with Crippen molar-refractivity contribution >= 4 is 11.8 Å². The van der Waals surface area contributed by atoms with Gasteiger partial charge in [-0.1, -0.05) is 51.5 Å². The van der Waals surface area contributed by atoms with Gasteiger partial charge in [0, 0.05) is 11.8 Å². The van der Waals surface area contributed by atoms with E-state index in [-0.39, 0.29) is 35.0 Å². The van der Waals surface area contributed by atoms with Crippen LogP contribution in [-0.4, -0.2) is 45.0 Å². The number of hydrogen-bond acceptors (Lipinski definition) is 4. The molecular formula is C34H49F5O3S. The van der Waals surface area contributed by atoms with Crippen molar-refractivity contribution in [3.8, 4) is 5.75 Å². The number of rotatable bonds is 14. The third-order valence-corrected chi connectivity index (χ3v) is 13.1. The van der Waals surface area contributed by atoms with E-state index >= 15 is 0 Å². The number of benzene rings is 1. The predicted molar refractivity (Wildman–Crippen MR) is 160 cm³/mol. The van der Waals surface area contributed by atoms with Gasteiger partial charge >= 0.3 is 12.1 Å². The highest BCUT2D eigenvalue weighted by Crippen LogP contribution is 2.76. The van der Waals surface area contributed by atoms with Crippen molar-refractivity contribution < 1.29 is 37.3 Å². The van der Waals surface area contributed by atoms with E-state index in [2.05, 4.69) is 6.92 Å². The van der Waals surface area contributed by atoms with Gasteiger partial charge in [-0.05, 0) is 115 Å². The first kappa shape index (κ1) is 33.3. The number of unbranched alkanes of at least 4 members (excludes halogenated alkanes) is 6. The number of aliphatic hydroxyl groups is 2. The Bertz CT molecular complexity index is 1090. The fourth-order valence-electron chi connectivity index (χ4n) is 9.47. The van der Waals surface area contributed by atoms with Crippen molar-refractivity contribution in [2.75, 3.05) is 11.5 Å². The van der Waals surface area contributed by atoms with Gasteiger partial charge in [0.1, 0.15) is 5.75 Å². The average Bonchev–Trinajstić information content (AvgIpc) is 3.73. The molecule has 244 valence electrons. The van der Waals surface area contributed by atoms with Crippen LogP contribution in [0.3, 0.4) is 0 Å². The number of fused-ring (bicyclic) bond motifs is 6. The summed E-state index contributed by atoms with van der Waals surface area (Å²) in [6.07, 6.45) is 6.03. The summed E-state index contributed by atoms with van der Waals surface area (Å²) >= 11 is 1.45. The maximum absolute atomic E-state index is 13.0. The van der Waals surface area contributed by atoms with Crippen LogP contribution < -0.4 is 0 Å². The van der Waals surface area contributed by atoms with Gasteiger partial charge in [0.2, 0.25) is 0 Å². The smallest absolute Gasteiger partial charge is 0.453 e. The summed E-state index contributed by atoms with van der Waals surface area (Å²) in [6, 6.07) is 5.54. The molecule has 0 bridgehead atoms. The lowest BCUT2D eigenvalue weighted by Gasteiger charge is -2.55. The average molecular weight is 633 g/mol. The Morgan fingerprint density at radius 2 is 1.51 bits per heavy atom. The second kappa shape index (κ2) is 13.0. The molecule has 5 rings (SSSR count). The SMILES string of the molecule is C[C@]12CCC3c4ccc(O)cc4[C@@H](O)[C@@H](CCCCCCCCCSCCCC(F)(F)C(F)(F)F)C3C1C[C@@H](O)C21CC1. The van der Waals surface area contributed by atoms with E-state index in [1.807, 2.05) is 6.07 Å². The van der Waals surface area contributed by atoms with E-state index in [0.717, 1.165) is 94.8 Å². The zero-order valence-electron chi connectivity index (χ0n) is 25.4. The van der Waals surface area contributed by atoms with Crippen molar-refractivity contribution in [2.45, 2.75) is 133 Å². The molecule has 0 amide bonds. The standard InChI is InChI=1S/C34H49F5O3S/c1-31-15-13-24-23-12-11-22(40)20-26(23)30(42)25(29(24)27(31)21-28(41)32(31)16-17-32)10-7-5-3-2-4-6-8-18-43-19-9-14-33(35,36)34(37,38)39/h11-12,20,24-25,27-30,40-42H,2-10,13-19,21H2,1H3/t24?,25-,27?,28+,29?,30-,31-/m0/s1. The van der Waals surface area contributed by atoms with E-state index in [1.165, 1.54) is 17.3 Å². The van der Waals surface area contributed by atoms with Crippen LogP contribution in [0, 0.1) is 28.6 Å². The van der Waals surface area contributed by atoms with Crippen molar-refractivity contribution in [3.63, 3.8) is 0 Å². The Balaban J connectivity index is 1.05. The van der Waals surface area contributed by atoms with E-state index in [0.29, 0.717) is 23.5 Å². The quantitative estimate of drug-likeness (QED) is 0.141. The van der Waals surface area contributed by atoms with Gasteiger partial charge in [0.25, 0.3) is 0 Å². The second-order valence-corrected chi connectivity index (χ2v) is 15.5. The van der Waals surface area contributed by atoms with E-state index in [4.69, 9.17) is 0 Å². The Morgan fingerprint density at radius 3 is 2.19 bits per heavy atom. The third-order valence-electron chi connectivity index (χ3n) is 12.0. The molecule has 0 aromatic heterocycles. The molecule has 7 atom stereocenters. The highest BCUT2D eigenvalue weighted by atomic mass is 32.2. The molecule has 3 unspecified atom stereocenters. The van der Waals surface area contributed by atoms with Crippen molar-refractivity contribution in [2.24, 2.45) is 28.6 Å². The first-order valence-electron chi connectivity index (χ1n) is 16.5. The van der Waals surface area contributed by atoms with Gasteiger partial charge in [-0.25, -0.2) is 0 Å². The number of aromatic hydroxyl groups is 1. The first-order chi connectivity index (χ1) is 20.3. The van der Waals surface area contributed by atoms with Gasteiger partial charge in [-0.2, -0.15) is 33.7 Å². The minimum absolute atomic E-state index is 0.0771. The molecule has 1 spiro atoms. The highest BCUT2D eigenvalue weighted by molar-refractivity contribution is 7.99. The van der Waals surface area contributed by atoms with Gasteiger partial charge in [0.05, 0.1) is 12.2 Å². The molecule has 3 N–H and O–H groups in total. The Kier molecular flexibility index (Phi) is 10.1. The number of phenolic OH excluding ortho intramolecular Hbond substituents is 1. The monoisotopic (exact) mass is 632 g/mol. The first-order valence-corrected chi connectivity index (χ1v) is 17.7. The number of hydrogen-bond donors (Lipinski definition) is 3. The summed E-state index contributed by atoms with van der Waals surface area (Å²) in [5, 5.41) is 33.1. The number of thioether (sulfide) groups is 1. The van der Waals surface area contributed by atoms with Gasteiger partial charge < -0.3 is 15.3 Å². The minimum Gasteiger partial charge on any atom is -0.508 e. The van der Waals surface area contributed by atoms with Crippen LogP contribution in [0.5, 0.6) is 5.75 Å². The number of aliphatic hydroxyl groups excluding tert-OH is 2. The van der Waals surface area contributed by atoms with E-state index < -0.39 is 24.6 Å². The molecule has 0 aliphatic heterocycles. The maximum Gasteiger partial charge on any atom is 0.453 e. The predicted octanol–water partition coefficient (Wildman–Crippen LogP) is 9.55. The third kappa shape index (κ3) is 6.47. The molecule has 1 aromatic rings. The fraction of sp³-hybridized carbons (Fsp3) is 0.824.